The van der Waals surface area contributed by atoms with Gasteiger partial charge in [0.15, 0.2) is 0 Å². The van der Waals surface area contributed by atoms with Crippen LogP contribution in [0.1, 0.15) is 11.7 Å². The quantitative estimate of drug-likeness (QED) is 0.571. The Hall–Kier alpha value is -3.29. The Bertz CT molecular complexity index is 706. The first-order chi connectivity index (χ1) is 11.0. The van der Waals surface area contributed by atoms with Crippen molar-refractivity contribution < 1.29 is 19.8 Å². The largest absolute Gasteiger partial charge is 0.465 e. The van der Waals surface area contributed by atoms with Crippen LogP contribution >= 0.6 is 0 Å². The Morgan fingerprint density at radius 2 is 1.78 bits per heavy atom. The summed E-state index contributed by atoms with van der Waals surface area (Å²) in [4.78, 5) is 25.9. The summed E-state index contributed by atoms with van der Waals surface area (Å²) in [5.41, 5.74) is 8.04. The lowest BCUT2D eigenvalue weighted by molar-refractivity contribution is 0.183. The topological polar surface area (TPSA) is 138 Å². The number of aromatic nitrogens is 1. The molecule has 8 heteroatoms. The van der Waals surface area contributed by atoms with Gasteiger partial charge in [0.2, 0.25) is 0 Å². The second kappa shape index (κ2) is 7.12. The fourth-order valence-corrected chi connectivity index (χ4v) is 2.07. The van der Waals surface area contributed by atoms with Gasteiger partial charge in [-0.2, -0.15) is 0 Å². The lowest BCUT2D eigenvalue weighted by Crippen LogP contribution is -2.37. The van der Waals surface area contributed by atoms with E-state index in [4.69, 9.17) is 15.9 Å². The first-order valence-corrected chi connectivity index (χ1v) is 6.75. The van der Waals surface area contributed by atoms with E-state index in [1.54, 1.807) is 12.1 Å². The van der Waals surface area contributed by atoms with Gasteiger partial charge < -0.3 is 26.6 Å². The molecular formula is C15H16N4O4. The van der Waals surface area contributed by atoms with Crippen LogP contribution < -0.4 is 16.4 Å². The molecule has 2 amide bonds. The van der Waals surface area contributed by atoms with E-state index in [0.29, 0.717) is 17.1 Å². The Morgan fingerprint density at radius 1 is 1.09 bits per heavy atom. The van der Waals surface area contributed by atoms with Gasteiger partial charge in [-0.15, -0.1) is 0 Å². The van der Waals surface area contributed by atoms with Gasteiger partial charge in [-0.05, 0) is 12.1 Å². The average molecular weight is 316 g/mol. The second-order valence-corrected chi connectivity index (χ2v) is 4.73. The average Bonchev–Trinajstić information content (AvgIpc) is 2.52. The number of nitrogen functional groups attached to an aromatic ring is 1. The summed E-state index contributed by atoms with van der Waals surface area (Å²) >= 11 is 0. The van der Waals surface area contributed by atoms with Crippen LogP contribution in [0.3, 0.4) is 0 Å². The van der Waals surface area contributed by atoms with Gasteiger partial charge in [0, 0.05) is 12.1 Å². The number of nitrogens with zero attached hydrogens (tertiary/aromatic N) is 1. The van der Waals surface area contributed by atoms with Gasteiger partial charge in [0.1, 0.15) is 0 Å². The highest BCUT2D eigenvalue weighted by atomic mass is 16.4. The molecule has 2 rings (SSSR count). The van der Waals surface area contributed by atoms with Crippen LogP contribution in [-0.4, -0.2) is 33.9 Å². The molecule has 8 nitrogen and oxygen atoms in total. The maximum absolute atomic E-state index is 10.9. The fourth-order valence-electron chi connectivity index (χ4n) is 2.07. The zero-order chi connectivity index (χ0) is 16.8. The first-order valence-electron chi connectivity index (χ1n) is 6.75. The molecule has 1 heterocycles. The zero-order valence-corrected chi connectivity index (χ0v) is 12.1. The van der Waals surface area contributed by atoms with E-state index in [0.717, 1.165) is 5.56 Å². The molecule has 1 aromatic carbocycles. The molecule has 0 aliphatic rings. The molecule has 6 N–H and O–H groups in total. The Kier molecular flexibility index (Phi) is 4.98. The van der Waals surface area contributed by atoms with Crippen molar-refractivity contribution in [3.63, 3.8) is 0 Å². The lowest BCUT2D eigenvalue weighted by atomic mass is 10.1. The monoisotopic (exact) mass is 316 g/mol. The molecule has 23 heavy (non-hydrogen) atoms. The third-order valence-corrected chi connectivity index (χ3v) is 3.11. The van der Waals surface area contributed by atoms with Crippen molar-refractivity contribution in [2.45, 2.75) is 6.04 Å². The van der Waals surface area contributed by atoms with E-state index in [1.807, 2.05) is 30.3 Å². The number of amides is 2. The number of carbonyl (C=O) groups is 2. The SMILES string of the molecule is Nc1ccc(C(CNC(=O)O)NC(=O)O)nc1-c1ccccc1. The van der Waals surface area contributed by atoms with Crippen molar-refractivity contribution in [2.24, 2.45) is 0 Å². The first kappa shape index (κ1) is 16.1. The van der Waals surface area contributed by atoms with E-state index in [9.17, 15) is 9.59 Å². The van der Waals surface area contributed by atoms with Crippen molar-refractivity contribution in [3.05, 3.63) is 48.2 Å². The predicted octanol–water partition coefficient (Wildman–Crippen LogP) is 1.91. The maximum atomic E-state index is 10.9. The molecule has 2 aromatic rings. The molecule has 0 aliphatic heterocycles. The van der Waals surface area contributed by atoms with E-state index in [2.05, 4.69) is 15.6 Å². The normalized spacial score (nSPS) is 11.5. The number of nitrogens with two attached hydrogens (primary N) is 1. The second-order valence-electron chi connectivity index (χ2n) is 4.73. The summed E-state index contributed by atoms with van der Waals surface area (Å²) in [6.45, 7) is -0.146. The minimum Gasteiger partial charge on any atom is -0.465 e. The Labute approximate surface area is 132 Å². The van der Waals surface area contributed by atoms with E-state index >= 15 is 0 Å². The van der Waals surface area contributed by atoms with E-state index in [-0.39, 0.29) is 6.54 Å². The van der Waals surface area contributed by atoms with Gasteiger partial charge in [-0.1, -0.05) is 30.3 Å². The van der Waals surface area contributed by atoms with Gasteiger partial charge in [-0.25, -0.2) is 14.6 Å². The van der Waals surface area contributed by atoms with Gasteiger partial charge in [0.05, 0.1) is 23.1 Å². The molecule has 1 unspecified atom stereocenters. The zero-order valence-electron chi connectivity index (χ0n) is 12.1. The van der Waals surface area contributed by atoms with Crippen molar-refractivity contribution in [2.75, 3.05) is 12.3 Å². The Balaban J connectivity index is 2.35. The molecule has 0 spiro atoms. The van der Waals surface area contributed by atoms with Crippen molar-refractivity contribution in [3.8, 4) is 11.3 Å². The standard InChI is InChI=1S/C15H16N4O4/c16-10-6-7-11(12(19-15(22)23)8-17-14(20)21)18-13(10)9-4-2-1-3-5-9/h1-7,12,17,19H,8,16H2,(H,20,21)(H,22,23). The fraction of sp³-hybridized carbons (Fsp3) is 0.133. The van der Waals surface area contributed by atoms with Crippen LogP contribution in [-0.2, 0) is 0 Å². The summed E-state index contributed by atoms with van der Waals surface area (Å²) in [5, 5.41) is 22.0. The molecule has 0 bridgehead atoms. The van der Waals surface area contributed by atoms with Crippen LogP contribution in [0.2, 0.25) is 0 Å². The summed E-state index contributed by atoms with van der Waals surface area (Å²) in [7, 11) is 0. The maximum Gasteiger partial charge on any atom is 0.405 e. The number of carboxylic acid groups (broad SMARTS) is 2. The molecule has 0 fully saturated rings. The minimum absolute atomic E-state index is 0.146. The van der Waals surface area contributed by atoms with Crippen molar-refractivity contribution in [1.82, 2.24) is 15.6 Å². The van der Waals surface area contributed by atoms with Crippen LogP contribution in [0, 0.1) is 0 Å². The van der Waals surface area contributed by atoms with Gasteiger partial charge in [-0.3, -0.25) is 0 Å². The number of benzene rings is 1. The predicted molar refractivity (Wildman–Crippen MR) is 84.0 cm³/mol. The molecule has 1 atom stereocenters. The van der Waals surface area contributed by atoms with Crippen molar-refractivity contribution in [1.29, 1.82) is 0 Å². The molecule has 1 aromatic heterocycles. The minimum atomic E-state index is -1.28. The molecular weight excluding hydrogens is 300 g/mol. The number of hydrogen-bond donors (Lipinski definition) is 5. The highest BCUT2D eigenvalue weighted by Crippen LogP contribution is 2.25. The highest BCUT2D eigenvalue weighted by Gasteiger charge is 2.18. The van der Waals surface area contributed by atoms with Crippen LogP contribution in [0.5, 0.6) is 0 Å². The lowest BCUT2D eigenvalue weighted by Gasteiger charge is -2.18. The molecule has 120 valence electrons. The van der Waals surface area contributed by atoms with E-state index < -0.39 is 18.2 Å². The molecule has 0 saturated heterocycles. The van der Waals surface area contributed by atoms with Gasteiger partial charge >= 0.3 is 12.2 Å². The Morgan fingerprint density at radius 3 is 2.39 bits per heavy atom. The summed E-state index contributed by atoms with van der Waals surface area (Å²) < 4.78 is 0. The van der Waals surface area contributed by atoms with Gasteiger partial charge in [0.25, 0.3) is 0 Å². The van der Waals surface area contributed by atoms with E-state index in [1.165, 1.54) is 0 Å². The third kappa shape index (κ3) is 4.34. The van der Waals surface area contributed by atoms with Crippen LogP contribution in [0.4, 0.5) is 15.3 Å². The van der Waals surface area contributed by atoms with Crippen molar-refractivity contribution >= 4 is 17.9 Å². The van der Waals surface area contributed by atoms with Crippen LogP contribution in [0.25, 0.3) is 11.3 Å². The third-order valence-electron chi connectivity index (χ3n) is 3.11. The number of hydrogen-bond acceptors (Lipinski definition) is 4. The highest BCUT2D eigenvalue weighted by molar-refractivity contribution is 5.73. The molecule has 0 saturated carbocycles. The molecule has 0 aliphatic carbocycles. The number of anilines is 1. The number of rotatable bonds is 5. The number of nitrogens with one attached hydrogen (secondary N) is 2. The summed E-state index contributed by atoms with van der Waals surface area (Å²) in [6.07, 6.45) is -2.53. The molecule has 0 radical (unpaired) electrons. The summed E-state index contributed by atoms with van der Waals surface area (Å²) in [5.74, 6) is 0. The smallest absolute Gasteiger partial charge is 0.405 e. The summed E-state index contributed by atoms with van der Waals surface area (Å²) in [6, 6.07) is 11.5. The van der Waals surface area contributed by atoms with Crippen LogP contribution in [0.15, 0.2) is 42.5 Å². The number of pyridine rings is 1.